The van der Waals surface area contributed by atoms with E-state index in [1.165, 1.54) is 37.7 Å². The van der Waals surface area contributed by atoms with E-state index in [1.54, 1.807) is 0 Å². The zero-order valence-electron chi connectivity index (χ0n) is 13.2. The highest BCUT2D eigenvalue weighted by molar-refractivity contribution is 5.28. The minimum atomic E-state index is -0.397. The van der Waals surface area contributed by atoms with Crippen molar-refractivity contribution in [2.24, 2.45) is 0 Å². The van der Waals surface area contributed by atoms with Gasteiger partial charge in [0, 0.05) is 12.6 Å². The lowest BCUT2D eigenvalue weighted by atomic mass is 9.86. The van der Waals surface area contributed by atoms with Crippen molar-refractivity contribution in [2.75, 3.05) is 6.54 Å². The maximum absolute atomic E-state index is 10.3. The van der Waals surface area contributed by atoms with Crippen LogP contribution in [0.25, 0.3) is 0 Å². The molecule has 1 atom stereocenters. The number of aliphatic hydroxyl groups is 1. The van der Waals surface area contributed by atoms with Crippen LogP contribution >= 0.6 is 0 Å². The van der Waals surface area contributed by atoms with Gasteiger partial charge in [0.1, 0.15) is 0 Å². The van der Waals surface area contributed by atoms with Gasteiger partial charge in [-0.05, 0) is 29.4 Å². The summed E-state index contributed by atoms with van der Waals surface area (Å²) in [6, 6.07) is 9.01. The van der Waals surface area contributed by atoms with Gasteiger partial charge in [-0.15, -0.1) is 0 Å². The summed E-state index contributed by atoms with van der Waals surface area (Å²) in [4.78, 5) is 0. The summed E-state index contributed by atoms with van der Waals surface area (Å²) in [7, 11) is 0. The van der Waals surface area contributed by atoms with Gasteiger partial charge in [-0.2, -0.15) is 0 Å². The predicted molar refractivity (Wildman–Crippen MR) is 85.0 cm³/mol. The summed E-state index contributed by atoms with van der Waals surface area (Å²) in [6.07, 6.45) is 6.15. The van der Waals surface area contributed by atoms with Crippen molar-refractivity contribution >= 4 is 0 Å². The fourth-order valence-electron chi connectivity index (χ4n) is 2.91. The van der Waals surface area contributed by atoms with E-state index >= 15 is 0 Å². The number of hydrogen-bond donors (Lipinski definition) is 2. The maximum Gasteiger partial charge on any atom is 0.0914 e. The minimum Gasteiger partial charge on any atom is -0.387 e. The molecule has 0 amide bonds. The maximum atomic E-state index is 10.3. The average molecular weight is 275 g/mol. The molecule has 112 valence electrons. The highest BCUT2D eigenvalue weighted by atomic mass is 16.3. The van der Waals surface area contributed by atoms with Crippen LogP contribution in [0.2, 0.25) is 0 Å². The van der Waals surface area contributed by atoms with Crippen molar-refractivity contribution in [3.05, 3.63) is 35.4 Å². The van der Waals surface area contributed by atoms with Crippen LogP contribution in [-0.2, 0) is 5.41 Å². The molecule has 0 heterocycles. The highest BCUT2D eigenvalue weighted by Gasteiger charge is 2.16. The molecular formula is C18H29NO. The Labute approximate surface area is 123 Å². The number of benzene rings is 1. The molecule has 1 aliphatic rings. The van der Waals surface area contributed by atoms with Gasteiger partial charge in [-0.25, -0.2) is 0 Å². The van der Waals surface area contributed by atoms with Crippen LogP contribution in [0.15, 0.2) is 24.3 Å². The molecule has 0 aliphatic heterocycles. The quantitative estimate of drug-likeness (QED) is 0.872. The van der Waals surface area contributed by atoms with Gasteiger partial charge >= 0.3 is 0 Å². The first-order valence-corrected chi connectivity index (χ1v) is 7.99. The second kappa shape index (κ2) is 6.73. The van der Waals surface area contributed by atoms with Crippen molar-refractivity contribution in [1.82, 2.24) is 5.32 Å². The molecule has 0 saturated heterocycles. The number of rotatable bonds is 4. The highest BCUT2D eigenvalue weighted by Crippen LogP contribution is 2.24. The number of aliphatic hydroxyl groups excluding tert-OH is 1. The lowest BCUT2D eigenvalue weighted by Crippen LogP contribution is -2.34. The van der Waals surface area contributed by atoms with Crippen molar-refractivity contribution < 1.29 is 5.11 Å². The molecule has 1 aliphatic carbocycles. The van der Waals surface area contributed by atoms with Gasteiger partial charge < -0.3 is 10.4 Å². The van der Waals surface area contributed by atoms with E-state index in [0.717, 1.165) is 5.56 Å². The Kier molecular flexibility index (Phi) is 5.22. The fraction of sp³-hybridized carbons (Fsp3) is 0.667. The average Bonchev–Trinajstić information content (AvgIpc) is 2.45. The van der Waals surface area contributed by atoms with E-state index in [1.807, 2.05) is 0 Å². The topological polar surface area (TPSA) is 32.3 Å². The Morgan fingerprint density at radius 3 is 2.25 bits per heavy atom. The predicted octanol–water partition coefficient (Wildman–Crippen LogP) is 3.94. The standard InChI is InChI=1S/C18H29NO/c1-18(2,3)15-11-9-14(10-12-15)17(20)13-19-16-7-5-4-6-8-16/h9-12,16-17,19-20H,4-8,13H2,1-3H3. The molecular weight excluding hydrogens is 246 g/mol. The summed E-state index contributed by atoms with van der Waals surface area (Å²) in [5.74, 6) is 0. The summed E-state index contributed by atoms with van der Waals surface area (Å²) in [6.45, 7) is 7.30. The largest absolute Gasteiger partial charge is 0.387 e. The van der Waals surface area contributed by atoms with Crippen molar-refractivity contribution in [2.45, 2.75) is 70.4 Å². The van der Waals surface area contributed by atoms with Gasteiger partial charge in [-0.1, -0.05) is 64.3 Å². The first-order valence-electron chi connectivity index (χ1n) is 7.99. The van der Waals surface area contributed by atoms with Crippen molar-refractivity contribution in [1.29, 1.82) is 0 Å². The monoisotopic (exact) mass is 275 g/mol. The second-order valence-electron chi connectivity index (χ2n) is 7.13. The fourth-order valence-corrected chi connectivity index (χ4v) is 2.91. The molecule has 1 saturated carbocycles. The van der Waals surface area contributed by atoms with E-state index in [2.05, 4.69) is 50.4 Å². The lowest BCUT2D eigenvalue weighted by molar-refractivity contribution is 0.165. The third-order valence-corrected chi connectivity index (χ3v) is 4.37. The molecule has 0 aromatic heterocycles. The first kappa shape index (κ1) is 15.5. The molecule has 2 rings (SSSR count). The minimum absolute atomic E-state index is 0.170. The van der Waals surface area contributed by atoms with Crippen LogP contribution < -0.4 is 5.32 Å². The summed E-state index contributed by atoms with van der Waals surface area (Å²) in [5, 5.41) is 13.8. The van der Waals surface area contributed by atoms with Gasteiger partial charge in [0.2, 0.25) is 0 Å². The number of nitrogens with one attached hydrogen (secondary N) is 1. The summed E-state index contributed by atoms with van der Waals surface area (Å²) in [5.41, 5.74) is 2.50. The van der Waals surface area contributed by atoms with Crippen LogP contribution in [0.1, 0.15) is 70.1 Å². The van der Waals surface area contributed by atoms with Crippen molar-refractivity contribution in [3.63, 3.8) is 0 Å². The SMILES string of the molecule is CC(C)(C)c1ccc(C(O)CNC2CCCCC2)cc1. The van der Waals surface area contributed by atoms with Crippen LogP contribution in [0.3, 0.4) is 0 Å². The lowest BCUT2D eigenvalue weighted by Gasteiger charge is -2.25. The van der Waals surface area contributed by atoms with Crippen LogP contribution in [0, 0.1) is 0 Å². The molecule has 0 radical (unpaired) electrons. The molecule has 1 aromatic rings. The van der Waals surface area contributed by atoms with Gasteiger partial charge in [0.25, 0.3) is 0 Å². The Morgan fingerprint density at radius 1 is 1.10 bits per heavy atom. The molecule has 2 heteroatoms. The zero-order valence-corrected chi connectivity index (χ0v) is 13.2. The third-order valence-electron chi connectivity index (χ3n) is 4.37. The Balaban J connectivity index is 1.87. The molecule has 1 fully saturated rings. The van der Waals surface area contributed by atoms with Gasteiger partial charge in [-0.3, -0.25) is 0 Å². The first-order chi connectivity index (χ1) is 9.47. The molecule has 0 bridgehead atoms. The number of hydrogen-bond acceptors (Lipinski definition) is 2. The zero-order chi connectivity index (χ0) is 14.6. The van der Waals surface area contributed by atoms with E-state index in [0.29, 0.717) is 12.6 Å². The van der Waals surface area contributed by atoms with E-state index in [4.69, 9.17) is 0 Å². The Bertz CT molecular complexity index is 398. The molecule has 1 unspecified atom stereocenters. The van der Waals surface area contributed by atoms with Crippen LogP contribution in [0.5, 0.6) is 0 Å². The van der Waals surface area contributed by atoms with Crippen molar-refractivity contribution in [3.8, 4) is 0 Å². The molecule has 0 spiro atoms. The molecule has 2 N–H and O–H groups in total. The summed E-state index contributed by atoms with van der Waals surface area (Å²) >= 11 is 0. The van der Waals surface area contributed by atoms with E-state index < -0.39 is 6.10 Å². The normalized spacial score (nSPS) is 19.0. The van der Waals surface area contributed by atoms with E-state index in [-0.39, 0.29) is 5.41 Å². The Hall–Kier alpha value is -0.860. The molecule has 1 aromatic carbocycles. The van der Waals surface area contributed by atoms with Crippen LogP contribution in [0.4, 0.5) is 0 Å². The third kappa shape index (κ3) is 4.32. The molecule has 2 nitrogen and oxygen atoms in total. The Morgan fingerprint density at radius 2 is 1.70 bits per heavy atom. The van der Waals surface area contributed by atoms with E-state index in [9.17, 15) is 5.11 Å². The van der Waals surface area contributed by atoms with Gasteiger partial charge in [0.15, 0.2) is 0 Å². The van der Waals surface area contributed by atoms with Gasteiger partial charge in [0.05, 0.1) is 6.10 Å². The van der Waals surface area contributed by atoms with Crippen LogP contribution in [-0.4, -0.2) is 17.7 Å². The second-order valence-corrected chi connectivity index (χ2v) is 7.13. The summed E-state index contributed by atoms with van der Waals surface area (Å²) < 4.78 is 0. The molecule has 20 heavy (non-hydrogen) atoms. The smallest absolute Gasteiger partial charge is 0.0914 e.